The maximum atomic E-state index is 12.3. The minimum Gasteiger partial charge on any atom is -0.350 e. The number of amides is 1. The molecular weight excluding hydrogens is 278 g/mol. The zero-order chi connectivity index (χ0) is 15.2. The van der Waals surface area contributed by atoms with Gasteiger partial charge in [0, 0.05) is 44.4 Å². The second-order valence-corrected chi connectivity index (χ2v) is 5.36. The van der Waals surface area contributed by atoms with Crippen molar-refractivity contribution in [3.05, 3.63) is 48.0 Å². The Kier molecular flexibility index (Phi) is 4.58. The first-order chi connectivity index (χ1) is 10.8. The molecule has 1 aliphatic heterocycles. The van der Waals surface area contributed by atoms with Gasteiger partial charge < -0.3 is 10.2 Å². The summed E-state index contributed by atoms with van der Waals surface area (Å²) in [6, 6.07) is 3.87. The van der Waals surface area contributed by atoms with Gasteiger partial charge in [0.15, 0.2) is 0 Å². The molecule has 114 valence electrons. The normalized spacial score (nSPS) is 14.6. The van der Waals surface area contributed by atoms with Gasteiger partial charge in [-0.15, -0.1) is 0 Å². The zero-order valence-electron chi connectivity index (χ0n) is 12.4. The summed E-state index contributed by atoms with van der Waals surface area (Å²) in [6.45, 7) is 2.27. The molecule has 1 fully saturated rings. The van der Waals surface area contributed by atoms with Gasteiger partial charge in [-0.2, -0.15) is 0 Å². The van der Waals surface area contributed by atoms with Crippen molar-refractivity contribution in [1.82, 2.24) is 19.9 Å². The van der Waals surface area contributed by atoms with Gasteiger partial charge in [-0.1, -0.05) is 6.07 Å². The highest BCUT2D eigenvalue weighted by molar-refractivity contribution is 5.93. The van der Waals surface area contributed by atoms with E-state index in [-0.39, 0.29) is 5.91 Å². The molecule has 0 atom stereocenters. The highest BCUT2D eigenvalue weighted by Crippen LogP contribution is 2.13. The Bertz CT molecular complexity index is 608. The number of hydrogen-bond donors (Lipinski definition) is 1. The van der Waals surface area contributed by atoms with E-state index >= 15 is 0 Å². The summed E-state index contributed by atoms with van der Waals surface area (Å²) in [5.74, 6) is 0.539. The molecule has 3 rings (SSSR count). The first-order valence-corrected chi connectivity index (χ1v) is 7.57. The molecule has 1 N–H and O–H groups in total. The van der Waals surface area contributed by atoms with E-state index in [1.165, 1.54) is 6.42 Å². The lowest BCUT2D eigenvalue weighted by Crippen LogP contribution is -2.35. The highest BCUT2D eigenvalue weighted by atomic mass is 16.2. The predicted octanol–water partition coefficient (Wildman–Crippen LogP) is 2.11. The topological polar surface area (TPSA) is 71.0 Å². The smallest absolute Gasteiger partial charge is 0.256 e. The van der Waals surface area contributed by atoms with Crippen LogP contribution in [0.4, 0.5) is 5.95 Å². The number of anilines is 1. The number of carbonyl (C=O) groups is 1. The van der Waals surface area contributed by atoms with Crippen LogP contribution >= 0.6 is 0 Å². The lowest BCUT2D eigenvalue weighted by atomic mass is 10.1. The molecule has 2 aromatic heterocycles. The largest absolute Gasteiger partial charge is 0.350 e. The number of pyridine rings is 1. The van der Waals surface area contributed by atoms with Gasteiger partial charge in [0.05, 0.1) is 5.56 Å². The molecule has 0 unspecified atom stereocenters. The van der Waals surface area contributed by atoms with Gasteiger partial charge in [-0.3, -0.25) is 9.78 Å². The highest BCUT2D eigenvalue weighted by Gasteiger charge is 2.18. The first kappa shape index (κ1) is 14.4. The van der Waals surface area contributed by atoms with Crippen molar-refractivity contribution < 1.29 is 4.79 Å². The Morgan fingerprint density at radius 1 is 1.14 bits per heavy atom. The lowest BCUT2D eigenvalue weighted by molar-refractivity contribution is 0.0723. The van der Waals surface area contributed by atoms with Gasteiger partial charge in [0.1, 0.15) is 0 Å². The van der Waals surface area contributed by atoms with Crippen LogP contribution in [0.5, 0.6) is 0 Å². The van der Waals surface area contributed by atoms with E-state index in [1.54, 1.807) is 24.8 Å². The van der Waals surface area contributed by atoms with Crippen molar-refractivity contribution >= 4 is 11.9 Å². The maximum absolute atomic E-state index is 12.3. The lowest BCUT2D eigenvalue weighted by Gasteiger charge is -2.26. The molecule has 0 radical (unpaired) electrons. The Morgan fingerprint density at radius 3 is 2.59 bits per heavy atom. The molecular formula is C16H19N5O. The van der Waals surface area contributed by atoms with Gasteiger partial charge in [-0.05, 0) is 30.9 Å². The minimum atomic E-state index is 0.0264. The monoisotopic (exact) mass is 297 g/mol. The van der Waals surface area contributed by atoms with E-state index in [0.717, 1.165) is 31.5 Å². The summed E-state index contributed by atoms with van der Waals surface area (Å²) < 4.78 is 0. The molecule has 2 aromatic rings. The fourth-order valence-electron chi connectivity index (χ4n) is 2.49. The second kappa shape index (κ2) is 6.98. The van der Waals surface area contributed by atoms with E-state index in [9.17, 15) is 4.79 Å². The summed E-state index contributed by atoms with van der Waals surface area (Å²) in [6.07, 6.45) is 10.1. The molecule has 0 aromatic carbocycles. The third-order valence-electron chi connectivity index (χ3n) is 3.72. The van der Waals surface area contributed by atoms with Crippen molar-refractivity contribution in [2.24, 2.45) is 0 Å². The Balaban J connectivity index is 1.59. The summed E-state index contributed by atoms with van der Waals surface area (Å²) in [4.78, 5) is 26.7. The average molecular weight is 297 g/mol. The van der Waals surface area contributed by atoms with Crippen LogP contribution in [-0.4, -0.2) is 38.8 Å². The molecule has 0 bridgehead atoms. The minimum absolute atomic E-state index is 0.0264. The van der Waals surface area contributed by atoms with Gasteiger partial charge in [0.2, 0.25) is 5.95 Å². The summed E-state index contributed by atoms with van der Waals surface area (Å²) in [5, 5.41) is 3.12. The van der Waals surface area contributed by atoms with E-state index in [1.807, 2.05) is 17.0 Å². The maximum Gasteiger partial charge on any atom is 0.256 e. The molecule has 0 saturated carbocycles. The van der Waals surface area contributed by atoms with Crippen LogP contribution in [0.15, 0.2) is 36.9 Å². The Labute approximate surface area is 129 Å². The Hall–Kier alpha value is -2.50. The van der Waals surface area contributed by atoms with Crippen LogP contribution in [0.2, 0.25) is 0 Å². The van der Waals surface area contributed by atoms with Crippen LogP contribution in [0.25, 0.3) is 0 Å². The quantitative estimate of drug-likeness (QED) is 0.936. The van der Waals surface area contributed by atoms with E-state index in [0.29, 0.717) is 18.1 Å². The SMILES string of the molecule is O=C(c1cnc(NCc2cccnc2)nc1)N1CCCCC1. The van der Waals surface area contributed by atoms with Crippen molar-refractivity contribution in [2.45, 2.75) is 25.8 Å². The number of aromatic nitrogens is 3. The van der Waals surface area contributed by atoms with Crippen LogP contribution in [0, 0.1) is 0 Å². The third kappa shape index (κ3) is 3.58. The molecule has 1 aliphatic rings. The number of likely N-dealkylation sites (tertiary alicyclic amines) is 1. The summed E-state index contributed by atoms with van der Waals surface area (Å²) in [5.41, 5.74) is 1.60. The fourth-order valence-corrected chi connectivity index (χ4v) is 2.49. The van der Waals surface area contributed by atoms with Gasteiger partial charge >= 0.3 is 0 Å². The molecule has 1 saturated heterocycles. The van der Waals surface area contributed by atoms with E-state index in [2.05, 4.69) is 20.3 Å². The van der Waals surface area contributed by atoms with Crippen molar-refractivity contribution in [1.29, 1.82) is 0 Å². The molecule has 0 spiro atoms. The first-order valence-electron chi connectivity index (χ1n) is 7.57. The Morgan fingerprint density at radius 2 is 1.91 bits per heavy atom. The van der Waals surface area contributed by atoms with Crippen LogP contribution < -0.4 is 5.32 Å². The third-order valence-corrected chi connectivity index (χ3v) is 3.72. The number of rotatable bonds is 4. The number of nitrogens with zero attached hydrogens (tertiary/aromatic N) is 4. The predicted molar refractivity (Wildman–Crippen MR) is 83.4 cm³/mol. The van der Waals surface area contributed by atoms with Crippen LogP contribution in [0.3, 0.4) is 0 Å². The van der Waals surface area contributed by atoms with Crippen molar-refractivity contribution in [2.75, 3.05) is 18.4 Å². The summed E-state index contributed by atoms with van der Waals surface area (Å²) >= 11 is 0. The molecule has 1 amide bonds. The second-order valence-electron chi connectivity index (χ2n) is 5.36. The fraction of sp³-hybridized carbons (Fsp3) is 0.375. The number of nitrogens with one attached hydrogen (secondary N) is 1. The van der Waals surface area contributed by atoms with Crippen LogP contribution in [0.1, 0.15) is 35.2 Å². The van der Waals surface area contributed by atoms with Crippen LogP contribution in [-0.2, 0) is 6.54 Å². The average Bonchev–Trinajstić information content (AvgIpc) is 2.61. The standard InChI is InChI=1S/C16H19N5O/c22-15(21-7-2-1-3-8-21)14-11-19-16(20-12-14)18-10-13-5-4-6-17-9-13/h4-6,9,11-12H,1-3,7-8,10H2,(H,18,19,20). The number of piperidine rings is 1. The zero-order valence-corrected chi connectivity index (χ0v) is 12.4. The number of hydrogen-bond acceptors (Lipinski definition) is 5. The van der Waals surface area contributed by atoms with Gasteiger partial charge in [0.25, 0.3) is 5.91 Å². The molecule has 22 heavy (non-hydrogen) atoms. The molecule has 6 heteroatoms. The number of carbonyl (C=O) groups excluding carboxylic acids is 1. The van der Waals surface area contributed by atoms with E-state index in [4.69, 9.17) is 0 Å². The molecule has 3 heterocycles. The molecule has 6 nitrogen and oxygen atoms in total. The van der Waals surface area contributed by atoms with Gasteiger partial charge in [-0.25, -0.2) is 9.97 Å². The van der Waals surface area contributed by atoms with E-state index < -0.39 is 0 Å². The van der Waals surface area contributed by atoms with Crippen molar-refractivity contribution in [3.63, 3.8) is 0 Å². The van der Waals surface area contributed by atoms with Crippen molar-refractivity contribution in [3.8, 4) is 0 Å². The molecule has 0 aliphatic carbocycles. The summed E-state index contributed by atoms with van der Waals surface area (Å²) in [7, 11) is 0.